The third-order valence-electron chi connectivity index (χ3n) is 1.29. The Balaban J connectivity index is 3.84. The average Bonchev–Trinajstić information content (AvgIpc) is 1.97. The Morgan fingerprint density at radius 1 is 1.50 bits per heavy atom. The molecule has 0 fully saturated rings. The largest absolute Gasteiger partial charge is 0.390 e. The summed E-state index contributed by atoms with van der Waals surface area (Å²) in [7, 11) is 1.29. The smallest absolute Gasteiger partial charge is 0.387 e. The first-order valence-corrected chi connectivity index (χ1v) is 3.31. The molecule has 0 saturated heterocycles. The summed E-state index contributed by atoms with van der Waals surface area (Å²) in [6.45, 7) is -0.0440. The zero-order valence-electron chi connectivity index (χ0n) is 6.51. The second-order valence-corrected chi connectivity index (χ2v) is 2.34. The molecule has 0 heterocycles. The van der Waals surface area contributed by atoms with Crippen LogP contribution in [0.5, 0.6) is 0 Å². The van der Waals surface area contributed by atoms with Gasteiger partial charge < -0.3 is 14.9 Å². The van der Waals surface area contributed by atoms with Crippen molar-refractivity contribution in [2.24, 2.45) is 0 Å². The molecule has 0 rings (SSSR count). The quantitative estimate of drug-likeness (QED) is 0.652. The molecule has 0 aliphatic rings. The Hall–Kier alpha value is -0.330. The summed E-state index contributed by atoms with van der Waals surface area (Å²) in [5, 5.41) is 16.5. The molecule has 2 atom stereocenters. The number of hydrogen-bond donors (Lipinski definition) is 2. The number of hydrogen-bond acceptors (Lipinski definition) is 3. The maximum atomic E-state index is 12.3. The highest BCUT2D eigenvalue weighted by Crippen LogP contribution is 2.21. The Kier molecular flexibility index (Phi) is 4.51. The fourth-order valence-corrected chi connectivity index (χ4v) is 0.616. The molecular formula is C6H11F3O3. The van der Waals surface area contributed by atoms with Crippen LogP contribution >= 0.6 is 0 Å². The van der Waals surface area contributed by atoms with Crippen molar-refractivity contribution in [1.29, 1.82) is 0 Å². The van der Waals surface area contributed by atoms with Gasteiger partial charge in [-0.3, -0.25) is 0 Å². The van der Waals surface area contributed by atoms with E-state index in [0.717, 1.165) is 0 Å². The molecule has 0 aromatic rings. The van der Waals surface area contributed by atoms with Crippen molar-refractivity contribution in [1.82, 2.24) is 0 Å². The van der Waals surface area contributed by atoms with Crippen molar-refractivity contribution in [2.75, 3.05) is 13.7 Å². The van der Waals surface area contributed by atoms with Crippen molar-refractivity contribution < 1.29 is 28.1 Å². The number of rotatable bonds is 5. The fourth-order valence-electron chi connectivity index (χ4n) is 0.616. The van der Waals surface area contributed by atoms with Crippen LogP contribution in [-0.4, -0.2) is 42.3 Å². The maximum absolute atomic E-state index is 12.3. The highest BCUT2D eigenvalue weighted by Gasteiger charge is 2.42. The Labute approximate surface area is 67.8 Å². The summed E-state index contributed by atoms with van der Waals surface area (Å²) in [6, 6.07) is 0. The van der Waals surface area contributed by atoms with Gasteiger partial charge in [0.1, 0.15) is 0 Å². The molecule has 0 aliphatic carbocycles. The summed E-state index contributed by atoms with van der Waals surface area (Å²) in [5.74, 6) is 0. The predicted molar refractivity (Wildman–Crippen MR) is 34.6 cm³/mol. The first kappa shape index (κ1) is 11.7. The summed E-state index contributed by atoms with van der Waals surface area (Å²) >= 11 is 0. The van der Waals surface area contributed by atoms with Gasteiger partial charge in [-0.1, -0.05) is 0 Å². The van der Waals surface area contributed by atoms with Gasteiger partial charge in [0.2, 0.25) is 6.17 Å². The lowest BCUT2D eigenvalue weighted by molar-refractivity contribution is -0.259. The van der Waals surface area contributed by atoms with Crippen LogP contribution in [0.2, 0.25) is 0 Å². The van der Waals surface area contributed by atoms with E-state index in [0.29, 0.717) is 0 Å². The third kappa shape index (κ3) is 3.89. The van der Waals surface area contributed by atoms with Gasteiger partial charge in [0.25, 0.3) is 0 Å². The molecule has 2 N–H and O–H groups in total. The van der Waals surface area contributed by atoms with E-state index in [1.165, 1.54) is 7.11 Å². The van der Waals surface area contributed by atoms with Gasteiger partial charge in [0.15, 0.2) is 0 Å². The van der Waals surface area contributed by atoms with Crippen LogP contribution in [0.4, 0.5) is 13.2 Å². The van der Waals surface area contributed by atoms with Crippen molar-refractivity contribution in [3.05, 3.63) is 0 Å². The summed E-state index contributed by atoms with van der Waals surface area (Å²) in [4.78, 5) is 0. The van der Waals surface area contributed by atoms with Crippen LogP contribution in [0.15, 0.2) is 0 Å². The molecule has 2 unspecified atom stereocenters. The highest BCUT2D eigenvalue weighted by atomic mass is 19.3. The zero-order valence-corrected chi connectivity index (χ0v) is 6.51. The van der Waals surface area contributed by atoms with Crippen LogP contribution in [0, 0.1) is 0 Å². The highest BCUT2D eigenvalue weighted by molar-refractivity contribution is 4.74. The van der Waals surface area contributed by atoms with Crippen molar-refractivity contribution >= 4 is 0 Å². The SMILES string of the molecule is COCCC(O)C(F)C(O)(F)F. The van der Waals surface area contributed by atoms with E-state index in [-0.39, 0.29) is 13.0 Å². The van der Waals surface area contributed by atoms with Crippen molar-refractivity contribution in [2.45, 2.75) is 24.8 Å². The topological polar surface area (TPSA) is 49.7 Å². The lowest BCUT2D eigenvalue weighted by atomic mass is 10.1. The van der Waals surface area contributed by atoms with E-state index in [1.54, 1.807) is 0 Å². The zero-order chi connectivity index (χ0) is 9.78. The molecule has 0 amide bonds. The third-order valence-corrected chi connectivity index (χ3v) is 1.29. The first-order valence-electron chi connectivity index (χ1n) is 3.31. The van der Waals surface area contributed by atoms with E-state index in [9.17, 15) is 13.2 Å². The van der Waals surface area contributed by atoms with Crippen LogP contribution < -0.4 is 0 Å². The minimum atomic E-state index is -4.49. The van der Waals surface area contributed by atoms with Gasteiger partial charge >= 0.3 is 6.11 Å². The van der Waals surface area contributed by atoms with Gasteiger partial charge in [-0.15, -0.1) is 0 Å². The van der Waals surface area contributed by atoms with Crippen LogP contribution in [-0.2, 0) is 4.74 Å². The number of aliphatic hydroxyl groups excluding tert-OH is 1. The molecule has 12 heavy (non-hydrogen) atoms. The minimum absolute atomic E-state index is 0.0440. The summed E-state index contributed by atoms with van der Waals surface area (Å²) in [6.07, 6.45) is -9.65. The van der Waals surface area contributed by atoms with Crippen molar-refractivity contribution in [3.63, 3.8) is 0 Å². The predicted octanol–water partition coefficient (Wildman–Crippen LogP) is 0.307. The Morgan fingerprint density at radius 3 is 2.33 bits per heavy atom. The van der Waals surface area contributed by atoms with Crippen LogP contribution in [0.1, 0.15) is 6.42 Å². The van der Waals surface area contributed by atoms with E-state index in [4.69, 9.17) is 10.2 Å². The maximum Gasteiger partial charge on any atom is 0.387 e. The van der Waals surface area contributed by atoms with E-state index < -0.39 is 18.4 Å². The molecule has 0 saturated carbocycles. The second kappa shape index (κ2) is 4.64. The number of ether oxygens (including phenoxy) is 1. The van der Waals surface area contributed by atoms with E-state index >= 15 is 0 Å². The number of alkyl halides is 3. The lowest BCUT2D eigenvalue weighted by Crippen LogP contribution is -2.39. The fraction of sp³-hybridized carbons (Fsp3) is 1.00. The summed E-state index contributed by atoms with van der Waals surface area (Å²) < 4.78 is 40.3. The number of aliphatic hydroxyl groups is 2. The number of halogens is 3. The molecule has 74 valence electrons. The molecule has 3 nitrogen and oxygen atoms in total. The second-order valence-electron chi connectivity index (χ2n) is 2.34. The molecule has 0 aliphatic heterocycles. The number of methoxy groups -OCH3 is 1. The first-order chi connectivity index (χ1) is 5.39. The molecule has 0 aromatic carbocycles. The van der Waals surface area contributed by atoms with Gasteiger partial charge in [0.05, 0.1) is 6.10 Å². The minimum Gasteiger partial charge on any atom is -0.390 e. The molecular weight excluding hydrogens is 177 g/mol. The van der Waals surface area contributed by atoms with Gasteiger partial charge in [-0.2, -0.15) is 8.78 Å². The Bertz CT molecular complexity index is 126. The van der Waals surface area contributed by atoms with Crippen LogP contribution in [0.3, 0.4) is 0 Å². The molecule has 6 heteroatoms. The van der Waals surface area contributed by atoms with Crippen molar-refractivity contribution in [3.8, 4) is 0 Å². The molecule has 0 aromatic heterocycles. The van der Waals surface area contributed by atoms with E-state index in [2.05, 4.69) is 4.74 Å². The monoisotopic (exact) mass is 188 g/mol. The van der Waals surface area contributed by atoms with E-state index in [1.807, 2.05) is 0 Å². The average molecular weight is 188 g/mol. The lowest BCUT2D eigenvalue weighted by Gasteiger charge is -2.19. The van der Waals surface area contributed by atoms with Gasteiger partial charge in [-0.05, 0) is 6.42 Å². The Morgan fingerprint density at radius 2 is 2.00 bits per heavy atom. The normalized spacial score (nSPS) is 17.5. The molecule has 0 bridgehead atoms. The molecule has 0 spiro atoms. The van der Waals surface area contributed by atoms with Gasteiger partial charge in [0, 0.05) is 13.7 Å². The molecule has 0 radical (unpaired) electrons. The van der Waals surface area contributed by atoms with Gasteiger partial charge in [-0.25, -0.2) is 4.39 Å². The standard InChI is InChI=1S/C6H11F3O3/c1-12-3-2-4(10)5(7)6(8,9)11/h4-5,10-11H,2-3H2,1H3. The van der Waals surface area contributed by atoms with Crippen LogP contribution in [0.25, 0.3) is 0 Å². The summed E-state index contributed by atoms with van der Waals surface area (Å²) in [5.41, 5.74) is 0.